The molecule has 0 bridgehead atoms. The maximum absolute atomic E-state index is 12.4. The molecule has 180 valence electrons. The summed E-state index contributed by atoms with van der Waals surface area (Å²) < 4.78 is 5.33. The second-order valence-corrected chi connectivity index (χ2v) is 9.55. The summed E-state index contributed by atoms with van der Waals surface area (Å²) in [7, 11) is 2.01. The number of hydrogen-bond acceptors (Lipinski definition) is 8. The smallest absolute Gasteiger partial charge is 0.223 e. The van der Waals surface area contributed by atoms with E-state index >= 15 is 0 Å². The van der Waals surface area contributed by atoms with Crippen LogP contribution >= 0.6 is 11.3 Å². The zero-order valence-electron chi connectivity index (χ0n) is 19.9. The first-order valence-corrected chi connectivity index (χ1v) is 12.5. The van der Waals surface area contributed by atoms with Gasteiger partial charge in [-0.05, 0) is 55.3 Å². The van der Waals surface area contributed by atoms with E-state index in [1.54, 1.807) is 6.20 Å². The van der Waals surface area contributed by atoms with Crippen LogP contribution in [-0.2, 0) is 16.0 Å². The Bertz CT molecular complexity index is 1320. The lowest BCUT2D eigenvalue weighted by atomic mass is 10.1. The van der Waals surface area contributed by atoms with Crippen LogP contribution in [0.25, 0.3) is 10.3 Å². The molecule has 1 fully saturated rings. The van der Waals surface area contributed by atoms with E-state index in [0.717, 1.165) is 32.5 Å². The summed E-state index contributed by atoms with van der Waals surface area (Å²) in [5, 5.41) is 4.04. The molecular formula is C26H28N6O2S. The van der Waals surface area contributed by atoms with Crippen LogP contribution in [0.2, 0.25) is 0 Å². The summed E-state index contributed by atoms with van der Waals surface area (Å²) in [6.07, 6.45) is 2.91. The SMILES string of the molecule is Cc1ccc(N(C)c2ccc3nc(Nc4cc(CCC(=O)N5CCOCC5)ccn4)sc3n2)cc1. The first-order chi connectivity index (χ1) is 17.0. The number of thiazole rings is 1. The van der Waals surface area contributed by atoms with Crippen molar-refractivity contribution >= 4 is 50.0 Å². The molecule has 1 aliphatic rings. The molecule has 9 heteroatoms. The molecule has 4 heterocycles. The van der Waals surface area contributed by atoms with Gasteiger partial charge in [-0.1, -0.05) is 29.0 Å². The van der Waals surface area contributed by atoms with Crippen molar-refractivity contribution in [3.05, 3.63) is 65.9 Å². The molecule has 0 saturated carbocycles. The second-order valence-electron chi connectivity index (χ2n) is 8.57. The maximum Gasteiger partial charge on any atom is 0.223 e. The van der Waals surface area contributed by atoms with Crippen LogP contribution in [0.3, 0.4) is 0 Å². The van der Waals surface area contributed by atoms with Crippen LogP contribution in [-0.4, -0.2) is 59.1 Å². The molecular weight excluding hydrogens is 460 g/mol. The number of carbonyl (C=O) groups excluding carboxylic acids is 1. The van der Waals surface area contributed by atoms with Gasteiger partial charge >= 0.3 is 0 Å². The van der Waals surface area contributed by atoms with E-state index in [-0.39, 0.29) is 5.91 Å². The highest BCUT2D eigenvalue weighted by molar-refractivity contribution is 7.21. The predicted molar refractivity (Wildman–Crippen MR) is 140 cm³/mol. The highest BCUT2D eigenvalue weighted by Crippen LogP contribution is 2.30. The van der Waals surface area contributed by atoms with Gasteiger partial charge in [0.05, 0.1) is 13.2 Å². The molecule has 0 aliphatic carbocycles. The first-order valence-electron chi connectivity index (χ1n) is 11.7. The van der Waals surface area contributed by atoms with Crippen molar-refractivity contribution in [2.75, 3.05) is 43.6 Å². The Balaban J connectivity index is 1.25. The van der Waals surface area contributed by atoms with E-state index in [1.807, 2.05) is 36.2 Å². The van der Waals surface area contributed by atoms with E-state index < -0.39 is 0 Å². The Morgan fingerprint density at radius 3 is 2.71 bits per heavy atom. The van der Waals surface area contributed by atoms with Crippen LogP contribution in [0, 0.1) is 6.92 Å². The first kappa shape index (κ1) is 23.2. The van der Waals surface area contributed by atoms with Crippen LogP contribution in [0.5, 0.6) is 0 Å². The maximum atomic E-state index is 12.4. The summed E-state index contributed by atoms with van der Waals surface area (Å²) in [6.45, 7) is 4.67. The number of hydrogen-bond donors (Lipinski definition) is 1. The molecule has 0 spiro atoms. The van der Waals surface area contributed by atoms with Crippen LogP contribution in [0.4, 0.5) is 22.5 Å². The molecule has 1 saturated heterocycles. The van der Waals surface area contributed by atoms with E-state index in [9.17, 15) is 4.79 Å². The molecule has 1 N–H and O–H groups in total. The zero-order valence-corrected chi connectivity index (χ0v) is 20.7. The minimum Gasteiger partial charge on any atom is -0.378 e. The van der Waals surface area contributed by atoms with Gasteiger partial charge in [-0.25, -0.2) is 15.0 Å². The fourth-order valence-electron chi connectivity index (χ4n) is 3.98. The molecule has 0 radical (unpaired) electrons. The van der Waals surface area contributed by atoms with Crippen molar-refractivity contribution in [1.82, 2.24) is 19.9 Å². The molecule has 3 aromatic heterocycles. The van der Waals surface area contributed by atoms with Gasteiger partial charge in [0, 0.05) is 38.4 Å². The molecule has 5 rings (SSSR count). The Labute approximate surface area is 208 Å². The number of carbonyl (C=O) groups is 1. The number of aryl methyl sites for hydroxylation is 2. The Hall–Kier alpha value is -3.56. The molecule has 4 aromatic rings. The monoisotopic (exact) mass is 488 g/mol. The third-order valence-corrected chi connectivity index (χ3v) is 6.94. The van der Waals surface area contributed by atoms with Gasteiger partial charge in [0.25, 0.3) is 0 Å². The molecule has 1 aliphatic heterocycles. The summed E-state index contributed by atoms with van der Waals surface area (Å²) in [5.74, 6) is 1.74. The van der Waals surface area contributed by atoms with Crippen LogP contribution < -0.4 is 10.2 Å². The molecule has 35 heavy (non-hydrogen) atoms. The fraction of sp³-hybridized carbons (Fsp3) is 0.308. The van der Waals surface area contributed by atoms with Gasteiger partial charge in [0.2, 0.25) is 5.91 Å². The lowest BCUT2D eigenvalue weighted by Crippen LogP contribution is -2.40. The normalized spacial score (nSPS) is 13.7. The number of rotatable bonds is 7. The standard InChI is InChI=1S/C26H28N6O2S/c1-18-3-6-20(7-4-18)31(2)23-9-8-21-25(30-23)35-26(28-21)29-22-17-19(11-12-27-22)5-10-24(33)32-13-15-34-16-14-32/h3-4,6-9,11-12,17H,5,10,13-16H2,1-2H3,(H,27,28,29). The van der Waals surface area contributed by atoms with Gasteiger partial charge in [0.15, 0.2) is 5.13 Å². The number of benzene rings is 1. The summed E-state index contributed by atoms with van der Waals surface area (Å²) in [4.78, 5) is 31.2. The lowest BCUT2D eigenvalue weighted by Gasteiger charge is -2.26. The van der Waals surface area contributed by atoms with Crippen molar-refractivity contribution in [2.45, 2.75) is 19.8 Å². The fourth-order valence-corrected chi connectivity index (χ4v) is 4.82. The average molecular weight is 489 g/mol. The number of nitrogens with one attached hydrogen (secondary N) is 1. The Morgan fingerprint density at radius 2 is 1.91 bits per heavy atom. The number of fused-ring (bicyclic) bond motifs is 1. The third kappa shape index (κ3) is 5.58. The number of anilines is 4. The van der Waals surface area contributed by atoms with Crippen molar-refractivity contribution in [3.8, 4) is 0 Å². The van der Waals surface area contributed by atoms with Crippen molar-refractivity contribution in [3.63, 3.8) is 0 Å². The van der Waals surface area contributed by atoms with Gasteiger partial charge in [-0.15, -0.1) is 0 Å². The summed E-state index contributed by atoms with van der Waals surface area (Å²) >= 11 is 1.49. The molecule has 1 amide bonds. The number of morpholine rings is 1. The van der Waals surface area contributed by atoms with Crippen LogP contribution in [0.15, 0.2) is 54.7 Å². The number of amides is 1. The Kier molecular flexibility index (Phi) is 6.87. The molecule has 0 atom stereocenters. The van der Waals surface area contributed by atoms with E-state index in [0.29, 0.717) is 45.0 Å². The highest BCUT2D eigenvalue weighted by atomic mass is 32.1. The van der Waals surface area contributed by atoms with Crippen molar-refractivity contribution in [2.24, 2.45) is 0 Å². The molecule has 1 aromatic carbocycles. The van der Waals surface area contributed by atoms with Crippen molar-refractivity contribution < 1.29 is 9.53 Å². The van der Waals surface area contributed by atoms with Gasteiger partial charge < -0.3 is 19.9 Å². The largest absolute Gasteiger partial charge is 0.378 e. The van der Waals surface area contributed by atoms with E-state index in [1.165, 1.54) is 16.9 Å². The Morgan fingerprint density at radius 1 is 1.11 bits per heavy atom. The predicted octanol–water partition coefficient (Wildman–Crippen LogP) is 4.70. The molecule has 8 nitrogen and oxygen atoms in total. The van der Waals surface area contributed by atoms with Gasteiger partial charge in [-0.3, -0.25) is 4.79 Å². The topological polar surface area (TPSA) is 83.5 Å². The van der Waals surface area contributed by atoms with Crippen LogP contribution in [0.1, 0.15) is 17.5 Å². The minimum absolute atomic E-state index is 0.170. The average Bonchev–Trinajstić information content (AvgIpc) is 3.29. The van der Waals surface area contributed by atoms with E-state index in [2.05, 4.69) is 51.4 Å². The highest BCUT2D eigenvalue weighted by Gasteiger charge is 2.16. The number of aromatic nitrogens is 3. The van der Waals surface area contributed by atoms with Gasteiger partial charge in [-0.2, -0.15) is 0 Å². The second kappa shape index (κ2) is 10.4. The lowest BCUT2D eigenvalue weighted by molar-refractivity contribution is -0.135. The van der Waals surface area contributed by atoms with E-state index in [4.69, 9.17) is 9.72 Å². The minimum atomic E-state index is 0.170. The van der Waals surface area contributed by atoms with Gasteiger partial charge in [0.1, 0.15) is 22.0 Å². The quantitative estimate of drug-likeness (QED) is 0.404. The van der Waals surface area contributed by atoms with Crippen molar-refractivity contribution in [1.29, 1.82) is 0 Å². The summed E-state index contributed by atoms with van der Waals surface area (Å²) in [5.41, 5.74) is 4.21. The molecule has 0 unspecified atom stereocenters. The number of ether oxygens (including phenoxy) is 1. The number of pyridine rings is 2. The third-order valence-electron chi connectivity index (χ3n) is 6.06. The summed E-state index contributed by atoms with van der Waals surface area (Å²) in [6, 6.07) is 16.3. The zero-order chi connectivity index (χ0) is 24.2. The number of nitrogens with zero attached hydrogens (tertiary/aromatic N) is 5.